The summed E-state index contributed by atoms with van der Waals surface area (Å²) in [5.41, 5.74) is 0.739. The molecule has 0 saturated heterocycles. The Morgan fingerprint density at radius 3 is 2.24 bits per heavy atom. The Balaban J connectivity index is 1.72. The van der Waals surface area contributed by atoms with Crippen molar-refractivity contribution < 1.29 is 18.7 Å². The molecule has 0 unspecified atom stereocenters. The minimum atomic E-state index is -0.719. The van der Waals surface area contributed by atoms with E-state index in [4.69, 9.17) is 16.3 Å². The summed E-state index contributed by atoms with van der Waals surface area (Å²) >= 11 is 6.02. The first-order valence-electron chi connectivity index (χ1n) is 8.20. The number of anilines is 1. The Hall–Kier alpha value is -2.40. The lowest BCUT2D eigenvalue weighted by Crippen LogP contribution is -2.29. The molecule has 0 atom stereocenters. The Labute approximate surface area is 149 Å². The molecule has 1 aliphatic carbocycles. The van der Waals surface area contributed by atoms with Crippen LogP contribution in [0.4, 0.5) is 10.1 Å². The van der Waals surface area contributed by atoms with Gasteiger partial charge in [-0.2, -0.15) is 0 Å². The van der Waals surface area contributed by atoms with Gasteiger partial charge in [-0.3, -0.25) is 9.59 Å². The van der Waals surface area contributed by atoms with Gasteiger partial charge in [0.15, 0.2) is 0 Å². The average Bonchev–Trinajstić information content (AvgIpc) is 3.20. The van der Waals surface area contributed by atoms with Gasteiger partial charge in [0, 0.05) is 6.07 Å². The van der Waals surface area contributed by atoms with Crippen LogP contribution in [0.2, 0.25) is 5.02 Å². The second-order valence-electron chi connectivity index (χ2n) is 6.26. The van der Waals surface area contributed by atoms with Gasteiger partial charge in [0.05, 0.1) is 22.9 Å². The smallest absolute Gasteiger partial charge is 0.266 e. The Morgan fingerprint density at radius 1 is 1.04 bits per heavy atom. The molecular formula is C19H15ClFNO3. The number of hydrogen-bond donors (Lipinski definition) is 0. The summed E-state index contributed by atoms with van der Waals surface area (Å²) in [5.74, 6) is -1.51. The minimum Gasteiger partial charge on any atom is -0.489 e. The molecule has 1 saturated carbocycles. The molecule has 1 aliphatic heterocycles. The largest absolute Gasteiger partial charge is 0.489 e. The number of ether oxygens (including phenoxy) is 1. The average molecular weight is 360 g/mol. The van der Waals surface area contributed by atoms with E-state index in [1.165, 1.54) is 6.07 Å². The fourth-order valence-corrected chi connectivity index (χ4v) is 3.53. The zero-order valence-corrected chi connectivity index (χ0v) is 14.1. The van der Waals surface area contributed by atoms with Crippen molar-refractivity contribution in [3.63, 3.8) is 0 Å². The molecule has 2 aliphatic rings. The summed E-state index contributed by atoms with van der Waals surface area (Å²) in [6.45, 7) is 0. The third kappa shape index (κ3) is 2.68. The van der Waals surface area contributed by atoms with Gasteiger partial charge < -0.3 is 4.74 Å². The number of carbonyl (C=O) groups excluding carboxylic acids is 2. The summed E-state index contributed by atoms with van der Waals surface area (Å²) in [7, 11) is 0. The van der Waals surface area contributed by atoms with Gasteiger partial charge in [-0.1, -0.05) is 23.7 Å². The second-order valence-corrected chi connectivity index (χ2v) is 6.63. The maximum absolute atomic E-state index is 14.3. The first-order valence-corrected chi connectivity index (χ1v) is 8.57. The van der Waals surface area contributed by atoms with Crippen molar-refractivity contribution in [1.29, 1.82) is 0 Å². The highest BCUT2D eigenvalue weighted by atomic mass is 35.5. The van der Waals surface area contributed by atoms with E-state index in [1.54, 1.807) is 24.3 Å². The number of benzene rings is 2. The highest BCUT2D eigenvalue weighted by molar-refractivity contribution is 6.35. The van der Waals surface area contributed by atoms with Crippen molar-refractivity contribution in [3.8, 4) is 5.75 Å². The monoisotopic (exact) mass is 359 g/mol. The molecule has 0 spiro atoms. The number of carbonyl (C=O) groups is 2. The van der Waals surface area contributed by atoms with Crippen LogP contribution in [0.15, 0.2) is 36.4 Å². The van der Waals surface area contributed by atoms with E-state index >= 15 is 0 Å². The Bertz CT molecular complexity index is 842. The molecule has 1 fully saturated rings. The summed E-state index contributed by atoms with van der Waals surface area (Å²) in [4.78, 5) is 26.1. The van der Waals surface area contributed by atoms with Crippen molar-refractivity contribution in [2.24, 2.45) is 0 Å². The van der Waals surface area contributed by atoms with Crippen LogP contribution in [0.3, 0.4) is 0 Å². The van der Waals surface area contributed by atoms with Crippen LogP contribution in [0, 0.1) is 5.82 Å². The molecule has 2 amide bonds. The second kappa shape index (κ2) is 6.15. The van der Waals surface area contributed by atoms with E-state index in [0.717, 1.165) is 36.6 Å². The molecule has 1 heterocycles. The van der Waals surface area contributed by atoms with Gasteiger partial charge in [0.25, 0.3) is 11.8 Å². The van der Waals surface area contributed by atoms with Crippen LogP contribution in [-0.2, 0) is 0 Å². The molecule has 2 aromatic carbocycles. The van der Waals surface area contributed by atoms with Crippen LogP contribution in [0.1, 0.15) is 46.4 Å². The molecule has 4 rings (SSSR count). The van der Waals surface area contributed by atoms with E-state index in [2.05, 4.69) is 0 Å². The Morgan fingerprint density at radius 2 is 1.64 bits per heavy atom. The molecule has 128 valence electrons. The summed E-state index contributed by atoms with van der Waals surface area (Å²) in [6.07, 6.45) is 3.87. The van der Waals surface area contributed by atoms with Crippen molar-refractivity contribution in [2.45, 2.75) is 31.8 Å². The zero-order chi connectivity index (χ0) is 17.6. The maximum atomic E-state index is 14.3. The number of nitrogens with zero attached hydrogens (tertiary/aromatic N) is 1. The summed E-state index contributed by atoms with van der Waals surface area (Å²) in [5, 5.41) is -0.132. The minimum absolute atomic E-state index is 0.0191. The summed E-state index contributed by atoms with van der Waals surface area (Å²) < 4.78 is 20.1. The first-order chi connectivity index (χ1) is 12.1. The normalized spacial score (nSPS) is 17.3. The standard InChI is InChI=1S/C19H15ClFNO3/c20-17-15(21)9-11(10-16(17)25-12-5-1-2-6-12)22-18(23)13-7-3-4-8-14(13)19(22)24/h3-4,7-10,12H,1-2,5-6H2. The van der Waals surface area contributed by atoms with E-state index in [-0.39, 0.29) is 22.6 Å². The molecule has 2 aromatic rings. The van der Waals surface area contributed by atoms with Gasteiger partial charge in [-0.05, 0) is 43.9 Å². The number of rotatable bonds is 3. The van der Waals surface area contributed by atoms with Crippen molar-refractivity contribution in [3.05, 3.63) is 58.4 Å². The first kappa shape index (κ1) is 16.1. The molecule has 0 radical (unpaired) electrons. The van der Waals surface area contributed by atoms with E-state index in [1.807, 2.05) is 0 Å². The van der Waals surface area contributed by atoms with Crippen LogP contribution in [-0.4, -0.2) is 17.9 Å². The van der Waals surface area contributed by atoms with Gasteiger partial charge in [-0.15, -0.1) is 0 Å². The highest BCUT2D eigenvalue weighted by Gasteiger charge is 2.37. The van der Waals surface area contributed by atoms with Gasteiger partial charge in [0.1, 0.15) is 16.6 Å². The SMILES string of the molecule is O=C1c2ccccc2C(=O)N1c1cc(F)c(Cl)c(OC2CCCC2)c1. The van der Waals surface area contributed by atoms with E-state index in [0.29, 0.717) is 11.1 Å². The van der Waals surface area contributed by atoms with Crippen LogP contribution >= 0.6 is 11.6 Å². The molecular weight excluding hydrogens is 345 g/mol. The van der Waals surface area contributed by atoms with Gasteiger partial charge in [-0.25, -0.2) is 9.29 Å². The predicted octanol–water partition coefficient (Wildman–Crippen LogP) is 4.60. The van der Waals surface area contributed by atoms with Crippen molar-refractivity contribution in [1.82, 2.24) is 0 Å². The number of amides is 2. The maximum Gasteiger partial charge on any atom is 0.266 e. The van der Waals surface area contributed by atoms with Crippen molar-refractivity contribution in [2.75, 3.05) is 4.90 Å². The number of imide groups is 1. The lowest BCUT2D eigenvalue weighted by atomic mass is 10.1. The fourth-order valence-electron chi connectivity index (χ4n) is 3.37. The molecule has 4 nitrogen and oxygen atoms in total. The number of hydrogen-bond acceptors (Lipinski definition) is 3. The fraction of sp³-hybridized carbons (Fsp3) is 0.263. The van der Waals surface area contributed by atoms with Crippen LogP contribution in [0.25, 0.3) is 0 Å². The van der Waals surface area contributed by atoms with Gasteiger partial charge >= 0.3 is 0 Å². The Kier molecular flexibility index (Phi) is 3.96. The molecule has 25 heavy (non-hydrogen) atoms. The molecule has 0 aromatic heterocycles. The lowest BCUT2D eigenvalue weighted by Gasteiger charge is -2.19. The summed E-state index contributed by atoms with van der Waals surface area (Å²) in [6, 6.07) is 9.09. The number of fused-ring (bicyclic) bond motifs is 1. The lowest BCUT2D eigenvalue weighted by molar-refractivity contribution is 0.0926. The highest BCUT2D eigenvalue weighted by Crippen LogP contribution is 2.37. The van der Waals surface area contributed by atoms with Crippen LogP contribution < -0.4 is 9.64 Å². The molecule has 0 bridgehead atoms. The van der Waals surface area contributed by atoms with Crippen LogP contribution in [0.5, 0.6) is 5.75 Å². The van der Waals surface area contributed by atoms with Gasteiger partial charge in [0.2, 0.25) is 0 Å². The van der Waals surface area contributed by atoms with E-state index in [9.17, 15) is 14.0 Å². The predicted molar refractivity (Wildman–Crippen MR) is 91.9 cm³/mol. The third-order valence-electron chi connectivity index (χ3n) is 4.63. The van der Waals surface area contributed by atoms with E-state index < -0.39 is 17.6 Å². The molecule has 6 heteroatoms. The van der Waals surface area contributed by atoms with Crippen molar-refractivity contribution >= 4 is 29.1 Å². The molecule has 0 N–H and O–H groups in total. The number of halogens is 2. The quantitative estimate of drug-likeness (QED) is 0.752. The topological polar surface area (TPSA) is 46.6 Å². The zero-order valence-electron chi connectivity index (χ0n) is 13.3. The third-order valence-corrected chi connectivity index (χ3v) is 4.99.